The van der Waals surface area contributed by atoms with Crippen LogP contribution < -0.4 is 10.6 Å². The first-order valence-corrected chi connectivity index (χ1v) is 6.58. The number of nitrogens with one attached hydrogen (secondary N) is 1. The first-order chi connectivity index (χ1) is 8.34. The molecule has 0 aliphatic rings. The Morgan fingerprint density at radius 3 is 2.50 bits per heavy atom. The molecule has 3 nitrogen and oxygen atoms in total. The van der Waals surface area contributed by atoms with Gasteiger partial charge in [-0.2, -0.15) is 0 Å². The third kappa shape index (κ3) is 3.39. The zero-order valence-corrected chi connectivity index (χ0v) is 12.3. The first-order valence-electron chi connectivity index (χ1n) is 6.20. The van der Waals surface area contributed by atoms with Crippen molar-refractivity contribution in [3.8, 4) is 0 Å². The lowest BCUT2D eigenvalue weighted by atomic mass is 10.0. The van der Waals surface area contributed by atoms with E-state index in [2.05, 4.69) is 25.7 Å². The lowest BCUT2D eigenvalue weighted by molar-refractivity contribution is 0.504. The number of hydrogen-bond acceptors (Lipinski definition) is 2. The molecule has 0 aliphatic heterocycles. The SMILES string of the molecule is CC(C)CC(C)N(C)c1cccc(Cl)c1C(=N)N. The number of benzene rings is 1. The summed E-state index contributed by atoms with van der Waals surface area (Å²) < 4.78 is 0. The van der Waals surface area contributed by atoms with E-state index in [-0.39, 0.29) is 5.84 Å². The third-order valence-corrected chi connectivity index (χ3v) is 3.43. The van der Waals surface area contributed by atoms with E-state index in [4.69, 9.17) is 22.7 Å². The summed E-state index contributed by atoms with van der Waals surface area (Å²) in [5, 5.41) is 8.19. The molecule has 1 aromatic carbocycles. The number of nitrogens with zero attached hydrogens (tertiary/aromatic N) is 1. The van der Waals surface area contributed by atoms with Crippen molar-refractivity contribution in [2.75, 3.05) is 11.9 Å². The second-order valence-electron chi connectivity index (χ2n) is 5.14. The largest absolute Gasteiger partial charge is 0.384 e. The molecule has 0 aliphatic carbocycles. The number of rotatable bonds is 5. The fourth-order valence-corrected chi connectivity index (χ4v) is 2.42. The summed E-state index contributed by atoms with van der Waals surface area (Å²) >= 11 is 6.13. The van der Waals surface area contributed by atoms with Crippen LogP contribution in [0.5, 0.6) is 0 Å². The Balaban J connectivity index is 3.09. The molecule has 18 heavy (non-hydrogen) atoms. The van der Waals surface area contributed by atoms with Crippen molar-refractivity contribution in [2.24, 2.45) is 11.7 Å². The van der Waals surface area contributed by atoms with Gasteiger partial charge < -0.3 is 10.6 Å². The Hall–Kier alpha value is -1.22. The van der Waals surface area contributed by atoms with Crippen LogP contribution in [0.3, 0.4) is 0 Å². The Kier molecular flexibility index (Phi) is 5.03. The minimum Gasteiger partial charge on any atom is -0.384 e. The van der Waals surface area contributed by atoms with Gasteiger partial charge in [-0.15, -0.1) is 0 Å². The number of amidine groups is 1. The molecule has 1 aromatic rings. The Labute approximate surface area is 114 Å². The molecule has 0 fully saturated rings. The van der Waals surface area contributed by atoms with Gasteiger partial charge in [-0.05, 0) is 31.4 Å². The average Bonchev–Trinajstić information content (AvgIpc) is 2.26. The normalized spacial score (nSPS) is 12.6. The number of halogens is 1. The fraction of sp³-hybridized carbons (Fsp3) is 0.500. The van der Waals surface area contributed by atoms with E-state index in [9.17, 15) is 0 Å². The van der Waals surface area contributed by atoms with Gasteiger partial charge in [0, 0.05) is 18.8 Å². The summed E-state index contributed by atoms with van der Waals surface area (Å²) in [4.78, 5) is 2.14. The van der Waals surface area contributed by atoms with Crippen molar-refractivity contribution >= 4 is 23.1 Å². The van der Waals surface area contributed by atoms with E-state index < -0.39 is 0 Å². The first kappa shape index (κ1) is 14.8. The molecule has 100 valence electrons. The van der Waals surface area contributed by atoms with E-state index >= 15 is 0 Å². The van der Waals surface area contributed by atoms with Crippen molar-refractivity contribution in [1.82, 2.24) is 0 Å². The Morgan fingerprint density at radius 1 is 1.39 bits per heavy atom. The summed E-state index contributed by atoms with van der Waals surface area (Å²) in [6.45, 7) is 6.58. The molecule has 0 spiro atoms. The maximum absolute atomic E-state index is 7.66. The van der Waals surface area contributed by atoms with Crippen LogP contribution in [0, 0.1) is 11.3 Å². The predicted octanol–water partition coefficient (Wildman–Crippen LogP) is 3.49. The van der Waals surface area contributed by atoms with Crippen molar-refractivity contribution < 1.29 is 0 Å². The van der Waals surface area contributed by atoms with Gasteiger partial charge in [0.05, 0.1) is 10.6 Å². The molecule has 4 heteroatoms. The molecule has 0 aromatic heterocycles. The quantitative estimate of drug-likeness (QED) is 0.634. The topological polar surface area (TPSA) is 53.1 Å². The zero-order valence-electron chi connectivity index (χ0n) is 11.5. The Morgan fingerprint density at radius 2 is 2.00 bits per heavy atom. The summed E-state index contributed by atoms with van der Waals surface area (Å²) in [6, 6.07) is 5.99. The zero-order chi connectivity index (χ0) is 13.9. The smallest absolute Gasteiger partial charge is 0.126 e. The third-order valence-electron chi connectivity index (χ3n) is 3.11. The number of nitrogen functional groups attached to an aromatic ring is 1. The number of nitrogens with two attached hydrogens (primary N) is 1. The van der Waals surface area contributed by atoms with Gasteiger partial charge in [0.15, 0.2) is 0 Å². The maximum atomic E-state index is 7.66. The summed E-state index contributed by atoms with van der Waals surface area (Å²) in [5.74, 6) is 0.640. The molecule has 0 saturated carbocycles. The summed E-state index contributed by atoms with van der Waals surface area (Å²) in [6.07, 6.45) is 1.08. The van der Waals surface area contributed by atoms with Gasteiger partial charge >= 0.3 is 0 Å². The van der Waals surface area contributed by atoms with Crippen LogP contribution >= 0.6 is 11.6 Å². The van der Waals surface area contributed by atoms with Gasteiger partial charge in [0.2, 0.25) is 0 Å². The van der Waals surface area contributed by atoms with Crippen LogP contribution in [0.4, 0.5) is 5.69 Å². The van der Waals surface area contributed by atoms with Gasteiger partial charge in [-0.25, -0.2) is 0 Å². The molecule has 1 unspecified atom stereocenters. The highest BCUT2D eigenvalue weighted by molar-refractivity contribution is 6.34. The molecule has 1 atom stereocenters. The molecule has 1 rings (SSSR count). The van der Waals surface area contributed by atoms with Gasteiger partial charge in [0.25, 0.3) is 0 Å². The molecule has 0 bridgehead atoms. The molecule has 0 saturated heterocycles. The maximum Gasteiger partial charge on any atom is 0.126 e. The molecule has 0 radical (unpaired) electrons. The highest BCUT2D eigenvalue weighted by atomic mass is 35.5. The lowest BCUT2D eigenvalue weighted by Gasteiger charge is -2.30. The molecule has 3 N–H and O–H groups in total. The second kappa shape index (κ2) is 6.10. The van der Waals surface area contributed by atoms with Crippen molar-refractivity contribution in [3.63, 3.8) is 0 Å². The summed E-state index contributed by atoms with van der Waals surface area (Å²) in [7, 11) is 2.02. The fourth-order valence-electron chi connectivity index (χ4n) is 2.15. The molecule has 0 amide bonds. The van der Waals surface area contributed by atoms with Crippen LogP contribution in [0.2, 0.25) is 5.02 Å². The minimum absolute atomic E-state index is 0.0131. The standard InChI is InChI=1S/C14H22ClN3/c1-9(2)8-10(3)18(4)12-7-5-6-11(15)13(12)14(16)17/h5-7,9-10H,8H2,1-4H3,(H3,16,17). The van der Waals surface area contributed by atoms with Crippen LogP contribution in [0.15, 0.2) is 18.2 Å². The highest BCUT2D eigenvalue weighted by Crippen LogP contribution is 2.28. The lowest BCUT2D eigenvalue weighted by Crippen LogP contribution is -2.32. The van der Waals surface area contributed by atoms with E-state index in [1.54, 1.807) is 6.07 Å². The van der Waals surface area contributed by atoms with Gasteiger partial charge in [-0.3, -0.25) is 5.41 Å². The monoisotopic (exact) mass is 267 g/mol. The predicted molar refractivity (Wildman–Crippen MR) is 79.8 cm³/mol. The highest BCUT2D eigenvalue weighted by Gasteiger charge is 2.17. The van der Waals surface area contributed by atoms with Gasteiger partial charge in [0.1, 0.15) is 5.84 Å². The van der Waals surface area contributed by atoms with E-state index in [1.165, 1.54) is 0 Å². The van der Waals surface area contributed by atoms with Crippen LogP contribution in [0.1, 0.15) is 32.8 Å². The Bertz CT molecular complexity index is 429. The van der Waals surface area contributed by atoms with E-state index in [1.807, 2.05) is 19.2 Å². The second-order valence-corrected chi connectivity index (χ2v) is 5.54. The van der Waals surface area contributed by atoms with Crippen molar-refractivity contribution in [3.05, 3.63) is 28.8 Å². The number of anilines is 1. The molecular weight excluding hydrogens is 246 g/mol. The van der Waals surface area contributed by atoms with E-state index in [0.717, 1.165) is 12.1 Å². The van der Waals surface area contributed by atoms with Crippen LogP contribution in [-0.2, 0) is 0 Å². The van der Waals surface area contributed by atoms with Crippen LogP contribution in [0.25, 0.3) is 0 Å². The van der Waals surface area contributed by atoms with Gasteiger partial charge in [-0.1, -0.05) is 31.5 Å². The van der Waals surface area contributed by atoms with Crippen LogP contribution in [-0.4, -0.2) is 18.9 Å². The average molecular weight is 268 g/mol. The molecular formula is C14H22ClN3. The van der Waals surface area contributed by atoms with E-state index in [0.29, 0.717) is 22.5 Å². The minimum atomic E-state index is 0.0131. The van der Waals surface area contributed by atoms with Crippen molar-refractivity contribution in [2.45, 2.75) is 33.2 Å². The summed E-state index contributed by atoms with van der Waals surface area (Å²) in [5.41, 5.74) is 7.17. The van der Waals surface area contributed by atoms with Crippen molar-refractivity contribution in [1.29, 1.82) is 5.41 Å². The number of hydrogen-bond donors (Lipinski definition) is 2. The molecule has 0 heterocycles.